The average molecular weight is 412 g/mol. The second-order valence-corrected chi connectivity index (χ2v) is 7.56. The van der Waals surface area contributed by atoms with Gasteiger partial charge in [-0.3, -0.25) is 9.59 Å². The van der Waals surface area contributed by atoms with Crippen LogP contribution in [0.4, 0.5) is 4.39 Å². The van der Waals surface area contributed by atoms with E-state index in [1.165, 1.54) is 21.9 Å². The predicted molar refractivity (Wildman–Crippen MR) is 108 cm³/mol. The number of nitrogens with zero attached hydrogens (tertiary/aromatic N) is 1. The van der Waals surface area contributed by atoms with Gasteiger partial charge in [0.15, 0.2) is 0 Å². The van der Waals surface area contributed by atoms with E-state index in [-0.39, 0.29) is 11.1 Å². The van der Waals surface area contributed by atoms with Gasteiger partial charge in [-0.15, -0.1) is 0 Å². The van der Waals surface area contributed by atoms with E-state index in [9.17, 15) is 19.1 Å². The number of hydrogen-bond acceptors (Lipinski definition) is 4. The van der Waals surface area contributed by atoms with Gasteiger partial charge in [0.05, 0.1) is 33.8 Å². The summed E-state index contributed by atoms with van der Waals surface area (Å²) in [6.45, 7) is 1.17. The summed E-state index contributed by atoms with van der Waals surface area (Å²) in [7, 11) is 5.56. The zero-order valence-corrected chi connectivity index (χ0v) is 17.3. The molecule has 1 fully saturated rings. The highest BCUT2D eigenvalue weighted by Gasteiger charge is 2.43. The topological polar surface area (TPSA) is 74.1 Å². The summed E-state index contributed by atoms with van der Waals surface area (Å²) >= 11 is 0. The standard InChI is InChI=1S/C23H25FN2O4/c1-25(2)13-4-14-26-20(15-7-11-18(30-3)12-8-15)19(22(28)23(26)29)21(27)16-5-9-17(24)10-6-16/h5-12,20,27H,4,13-14H2,1-3H3. The Kier molecular flexibility index (Phi) is 6.52. The first-order chi connectivity index (χ1) is 14.3. The molecule has 1 aliphatic heterocycles. The molecule has 0 bridgehead atoms. The number of nitrogens with one attached hydrogen (secondary N) is 1. The zero-order chi connectivity index (χ0) is 21.8. The van der Waals surface area contributed by atoms with Gasteiger partial charge in [0.25, 0.3) is 5.91 Å². The van der Waals surface area contributed by atoms with Gasteiger partial charge < -0.3 is 19.6 Å². The summed E-state index contributed by atoms with van der Waals surface area (Å²) in [5, 5.41) is 13.2. The van der Waals surface area contributed by atoms with E-state index in [2.05, 4.69) is 0 Å². The van der Waals surface area contributed by atoms with Crippen molar-refractivity contribution in [1.82, 2.24) is 4.90 Å². The Hall–Kier alpha value is -3.19. The van der Waals surface area contributed by atoms with Crippen LogP contribution in [-0.4, -0.2) is 50.9 Å². The number of benzene rings is 2. The quantitative estimate of drug-likeness (QED) is 0.411. The number of ketones is 1. The molecule has 2 aromatic carbocycles. The van der Waals surface area contributed by atoms with Crippen LogP contribution in [0, 0.1) is 5.82 Å². The number of methoxy groups -OCH3 is 1. The second kappa shape index (κ2) is 9.09. The van der Waals surface area contributed by atoms with Gasteiger partial charge in [0.2, 0.25) is 5.78 Å². The lowest BCUT2D eigenvalue weighted by Crippen LogP contribution is -3.05. The summed E-state index contributed by atoms with van der Waals surface area (Å²) in [4.78, 5) is 28.3. The molecule has 1 aliphatic rings. The lowest BCUT2D eigenvalue weighted by Gasteiger charge is -2.27. The molecule has 30 heavy (non-hydrogen) atoms. The van der Waals surface area contributed by atoms with Gasteiger partial charge in [-0.1, -0.05) is 30.0 Å². The van der Waals surface area contributed by atoms with Crippen LogP contribution in [0.15, 0.2) is 54.1 Å². The van der Waals surface area contributed by atoms with Crippen LogP contribution in [0.5, 0.6) is 5.75 Å². The van der Waals surface area contributed by atoms with Crippen molar-refractivity contribution >= 4 is 17.4 Å². The van der Waals surface area contributed by atoms with Crippen molar-refractivity contribution < 1.29 is 28.7 Å². The number of carbonyl (C=O) groups is 2. The van der Waals surface area contributed by atoms with Crippen LogP contribution in [0.1, 0.15) is 23.6 Å². The maximum Gasteiger partial charge on any atom is 0.295 e. The summed E-state index contributed by atoms with van der Waals surface area (Å²) in [5.41, 5.74) is 0.720. The Labute approximate surface area is 175 Å². The number of ether oxygens (including phenoxy) is 1. The Morgan fingerprint density at radius 3 is 2.30 bits per heavy atom. The molecule has 1 amide bonds. The van der Waals surface area contributed by atoms with E-state index < -0.39 is 29.3 Å². The molecule has 1 saturated heterocycles. The van der Waals surface area contributed by atoms with Crippen LogP contribution in [0.2, 0.25) is 0 Å². The van der Waals surface area contributed by atoms with Crippen LogP contribution in [0.25, 0.3) is 5.76 Å². The van der Waals surface area contributed by atoms with Crippen LogP contribution in [-0.2, 0) is 9.59 Å². The molecular formula is C23H25FN2O4. The summed E-state index contributed by atoms with van der Waals surface area (Å²) in [5.74, 6) is -1.90. The molecule has 1 atom stereocenters. The van der Waals surface area contributed by atoms with Gasteiger partial charge in [-0.05, 0) is 35.4 Å². The highest BCUT2D eigenvalue weighted by Crippen LogP contribution is 2.39. The molecule has 3 rings (SSSR count). The predicted octanol–water partition coefficient (Wildman–Crippen LogP) is 0.593. The van der Waals surface area contributed by atoms with E-state index in [0.717, 1.165) is 18.7 Å². The Morgan fingerprint density at radius 2 is 1.73 bits per heavy atom. The van der Waals surface area contributed by atoms with E-state index in [1.807, 2.05) is 14.1 Å². The van der Waals surface area contributed by atoms with Gasteiger partial charge in [0, 0.05) is 18.5 Å². The minimum Gasteiger partial charge on any atom is -0.872 e. The van der Waals surface area contributed by atoms with Crippen molar-refractivity contribution in [2.45, 2.75) is 12.5 Å². The van der Waals surface area contributed by atoms with Crippen molar-refractivity contribution in [1.29, 1.82) is 0 Å². The summed E-state index contributed by atoms with van der Waals surface area (Å²) < 4.78 is 18.5. The smallest absolute Gasteiger partial charge is 0.295 e. The Morgan fingerprint density at radius 1 is 1.10 bits per heavy atom. The first-order valence-electron chi connectivity index (χ1n) is 9.79. The van der Waals surface area contributed by atoms with Crippen molar-refractivity contribution in [3.8, 4) is 5.75 Å². The van der Waals surface area contributed by atoms with E-state index in [4.69, 9.17) is 4.74 Å². The minimum atomic E-state index is -0.803. The third-order valence-electron chi connectivity index (χ3n) is 5.14. The molecule has 0 saturated carbocycles. The van der Waals surface area contributed by atoms with Crippen molar-refractivity contribution in [2.24, 2.45) is 0 Å². The Bertz CT molecular complexity index is 952. The van der Waals surface area contributed by atoms with Crippen LogP contribution in [0.3, 0.4) is 0 Å². The molecule has 7 heteroatoms. The van der Waals surface area contributed by atoms with Gasteiger partial charge in [-0.25, -0.2) is 4.39 Å². The fourth-order valence-corrected chi connectivity index (χ4v) is 3.59. The summed E-state index contributed by atoms with van der Waals surface area (Å²) in [6.07, 6.45) is 0.687. The molecule has 1 N–H and O–H groups in total. The largest absolute Gasteiger partial charge is 0.872 e. The van der Waals surface area contributed by atoms with Crippen molar-refractivity contribution in [2.75, 3.05) is 34.3 Å². The highest BCUT2D eigenvalue weighted by molar-refractivity contribution is 6.46. The number of quaternary nitrogens is 1. The number of amides is 1. The van der Waals surface area contributed by atoms with Gasteiger partial charge >= 0.3 is 0 Å². The molecular weight excluding hydrogens is 387 g/mol. The van der Waals surface area contributed by atoms with Gasteiger partial charge in [-0.2, -0.15) is 0 Å². The maximum atomic E-state index is 13.3. The Balaban J connectivity index is 2.07. The zero-order valence-electron chi connectivity index (χ0n) is 17.3. The fraction of sp³-hybridized carbons (Fsp3) is 0.304. The fourth-order valence-electron chi connectivity index (χ4n) is 3.59. The normalized spacial score (nSPS) is 18.3. The van der Waals surface area contributed by atoms with E-state index >= 15 is 0 Å². The third-order valence-corrected chi connectivity index (χ3v) is 5.14. The number of carbonyl (C=O) groups excluding carboxylic acids is 2. The van der Waals surface area contributed by atoms with Crippen LogP contribution < -0.4 is 14.7 Å². The molecule has 1 unspecified atom stereocenters. The van der Waals surface area contributed by atoms with Crippen molar-refractivity contribution in [3.63, 3.8) is 0 Å². The van der Waals surface area contributed by atoms with Crippen LogP contribution >= 0.6 is 0 Å². The number of rotatable bonds is 7. The average Bonchev–Trinajstić information content (AvgIpc) is 2.98. The molecule has 1 heterocycles. The molecule has 6 nitrogen and oxygen atoms in total. The number of halogens is 1. The SMILES string of the molecule is COc1ccc(C2C(=C([O-])c3ccc(F)cc3)C(=O)C(=O)N2CCC[NH+](C)C)cc1. The lowest BCUT2D eigenvalue weighted by atomic mass is 9.95. The third kappa shape index (κ3) is 4.36. The van der Waals surface area contributed by atoms with E-state index in [0.29, 0.717) is 24.3 Å². The molecule has 0 spiro atoms. The van der Waals surface area contributed by atoms with Gasteiger partial charge in [0.1, 0.15) is 11.6 Å². The number of likely N-dealkylation sites (tertiary alicyclic amines) is 1. The first kappa shape index (κ1) is 21.5. The maximum absolute atomic E-state index is 13.3. The summed E-state index contributed by atoms with van der Waals surface area (Å²) in [6, 6.07) is 11.1. The molecule has 0 aromatic heterocycles. The van der Waals surface area contributed by atoms with Crippen molar-refractivity contribution in [3.05, 3.63) is 71.0 Å². The first-order valence-corrected chi connectivity index (χ1v) is 9.79. The monoisotopic (exact) mass is 412 g/mol. The highest BCUT2D eigenvalue weighted by atomic mass is 19.1. The molecule has 2 aromatic rings. The second-order valence-electron chi connectivity index (χ2n) is 7.56. The van der Waals surface area contributed by atoms with E-state index in [1.54, 1.807) is 31.4 Å². The molecule has 0 aliphatic carbocycles. The number of Topliss-reactive ketones (excluding diaryl/α,β-unsaturated/α-hetero) is 1. The minimum absolute atomic E-state index is 0.103. The molecule has 0 radical (unpaired) electrons. The lowest BCUT2D eigenvalue weighted by molar-refractivity contribution is -0.858. The molecule has 158 valence electrons. The number of hydrogen-bond donors (Lipinski definition) is 1.